The van der Waals surface area contributed by atoms with E-state index < -0.39 is 5.97 Å². The van der Waals surface area contributed by atoms with Gasteiger partial charge in [0.25, 0.3) is 5.97 Å². The molecule has 0 aliphatic carbocycles. The number of unbranched alkanes of at least 4 members (excludes halogenated alkanes) is 15. The van der Waals surface area contributed by atoms with E-state index in [-0.39, 0.29) is 6.04 Å². The molecule has 1 saturated heterocycles. The van der Waals surface area contributed by atoms with Crippen molar-refractivity contribution in [2.45, 2.75) is 129 Å². The molecule has 0 saturated carbocycles. The Bertz CT molecular complexity index is 317. The SMILES string of the molecule is CCCCCCCCCCCCCCCCCCOC1(C)OCC(N)CO1. The number of hydrogen-bond acceptors (Lipinski definition) is 4. The minimum absolute atomic E-state index is 0.0303. The Morgan fingerprint density at radius 1 is 0.704 bits per heavy atom. The molecule has 0 aromatic rings. The molecule has 4 heteroatoms. The van der Waals surface area contributed by atoms with Crippen molar-refractivity contribution in [1.82, 2.24) is 0 Å². The second kappa shape index (κ2) is 16.8. The summed E-state index contributed by atoms with van der Waals surface area (Å²) in [4.78, 5) is 0. The number of nitrogens with two attached hydrogens (primary N) is 1. The summed E-state index contributed by atoms with van der Waals surface area (Å²) in [5.74, 6) is -0.884. The summed E-state index contributed by atoms with van der Waals surface area (Å²) in [6.07, 6.45) is 22.1. The summed E-state index contributed by atoms with van der Waals surface area (Å²) in [6.45, 7) is 5.84. The predicted molar refractivity (Wildman–Crippen MR) is 114 cm³/mol. The first-order valence-electron chi connectivity index (χ1n) is 11.8. The topological polar surface area (TPSA) is 53.7 Å². The number of rotatable bonds is 18. The average molecular weight is 386 g/mol. The van der Waals surface area contributed by atoms with E-state index in [1.807, 2.05) is 6.92 Å². The van der Waals surface area contributed by atoms with Crippen LogP contribution in [0, 0.1) is 0 Å². The molecule has 0 radical (unpaired) electrons. The molecule has 0 bridgehead atoms. The van der Waals surface area contributed by atoms with Gasteiger partial charge in [0.15, 0.2) is 0 Å². The Kier molecular flexibility index (Phi) is 15.4. The van der Waals surface area contributed by atoms with Gasteiger partial charge in [0, 0.05) is 6.92 Å². The maximum Gasteiger partial charge on any atom is 0.279 e. The molecule has 0 spiro atoms. The van der Waals surface area contributed by atoms with Crippen molar-refractivity contribution >= 4 is 0 Å². The van der Waals surface area contributed by atoms with E-state index in [1.54, 1.807) is 0 Å². The van der Waals surface area contributed by atoms with Crippen molar-refractivity contribution < 1.29 is 14.2 Å². The molecule has 1 heterocycles. The van der Waals surface area contributed by atoms with Crippen LogP contribution in [-0.4, -0.2) is 31.8 Å². The van der Waals surface area contributed by atoms with Gasteiger partial charge in [-0.1, -0.05) is 103 Å². The summed E-state index contributed by atoms with van der Waals surface area (Å²) in [5.41, 5.74) is 5.75. The van der Waals surface area contributed by atoms with Crippen LogP contribution in [0.2, 0.25) is 0 Å². The van der Waals surface area contributed by atoms with Gasteiger partial charge in [-0.2, -0.15) is 0 Å². The minimum atomic E-state index is -0.884. The molecule has 27 heavy (non-hydrogen) atoms. The minimum Gasteiger partial charge on any atom is -0.328 e. The second-order valence-corrected chi connectivity index (χ2v) is 8.40. The monoisotopic (exact) mass is 385 g/mol. The highest BCUT2D eigenvalue weighted by molar-refractivity contribution is 4.66. The Balaban J connectivity index is 1.73. The van der Waals surface area contributed by atoms with E-state index in [1.165, 1.54) is 96.3 Å². The first-order chi connectivity index (χ1) is 13.2. The molecule has 0 unspecified atom stereocenters. The Hall–Kier alpha value is -0.160. The van der Waals surface area contributed by atoms with Crippen LogP contribution in [0.15, 0.2) is 0 Å². The summed E-state index contributed by atoms with van der Waals surface area (Å²) in [5, 5.41) is 0. The molecule has 0 atom stereocenters. The van der Waals surface area contributed by atoms with Crippen LogP contribution >= 0.6 is 0 Å². The summed E-state index contributed by atoms with van der Waals surface area (Å²) in [7, 11) is 0. The van der Waals surface area contributed by atoms with Crippen molar-refractivity contribution in [3.05, 3.63) is 0 Å². The zero-order valence-corrected chi connectivity index (χ0v) is 18.3. The molecule has 162 valence electrons. The molecule has 1 aliphatic rings. The highest BCUT2D eigenvalue weighted by atomic mass is 16.9. The third-order valence-corrected chi connectivity index (χ3v) is 5.48. The summed E-state index contributed by atoms with van der Waals surface area (Å²) >= 11 is 0. The van der Waals surface area contributed by atoms with Gasteiger partial charge < -0.3 is 19.9 Å². The average Bonchev–Trinajstić information content (AvgIpc) is 2.67. The normalized spacial score (nSPS) is 23.0. The van der Waals surface area contributed by atoms with Crippen LogP contribution in [0.4, 0.5) is 0 Å². The molecule has 1 rings (SSSR count). The molecular formula is C23H47NO3. The van der Waals surface area contributed by atoms with E-state index in [4.69, 9.17) is 19.9 Å². The molecule has 0 aromatic carbocycles. The first-order valence-corrected chi connectivity index (χ1v) is 11.8. The maximum absolute atomic E-state index is 5.75. The van der Waals surface area contributed by atoms with Crippen LogP contribution < -0.4 is 5.73 Å². The van der Waals surface area contributed by atoms with E-state index in [2.05, 4.69) is 6.92 Å². The number of ether oxygens (including phenoxy) is 3. The molecule has 0 amide bonds. The lowest BCUT2D eigenvalue weighted by molar-refractivity contribution is -0.391. The fraction of sp³-hybridized carbons (Fsp3) is 1.00. The van der Waals surface area contributed by atoms with Crippen LogP contribution in [0.1, 0.15) is 117 Å². The van der Waals surface area contributed by atoms with E-state index in [0.29, 0.717) is 19.8 Å². The van der Waals surface area contributed by atoms with Crippen molar-refractivity contribution in [2.24, 2.45) is 5.73 Å². The zero-order chi connectivity index (χ0) is 19.6. The largest absolute Gasteiger partial charge is 0.328 e. The standard InChI is InChI=1S/C23H47NO3/c1-3-4-5-6-7-8-9-10-11-12-13-14-15-16-17-18-19-25-23(2)26-20-22(24)21-27-23/h22H,3-21,24H2,1-2H3. The smallest absolute Gasteiger partial charge is 0.279 e. The molecular weight excluding hydrogens is 338 g/mol. The van der Waals surface area contributed by atoms with Crippen LogP contribution in [-0.2, 0) is 14.2 Å². The van der Waals surface area contributed by atoms with Gasteiger partial charge >= 0.3 is 0 Å². The fourth-order valence-corrected chi connectivity index (χ4v) is 3.60. The third-order valence-electron chi connectivity index (χ3n) is 5.48. The van der Waals surface area contributed by atoms with Crippen molar-refractivity contribution in [3.63, 3.8) is 0 Å². The highest BCUT2D eigenvalue weighted by Gasteiger charge is 2.32. The van der Waals surface area contributed by atoms with Gasteiger partial charge in [0.05, 0.1) is 25.9 Å². The van der Waals surface area contributed by atoms with Crippen LogP contribution in [0.3, 0.4) is 0 Å². The summed E-state index contributed by atoms with van der Waals surface area (Å²) in [6, 6.07) is -0.0303. The van der Waals surface area contributed by atoms with Crippen LogP contribution in [0.5, 0.6) is 0 Å². The highest BCUT2D eigenvalue weighted by Crippen LogP contribution is 2.20. The number of hydrogen-bond donors (Lipinski definition) is 1. The van der Waals surface area contributed by atoms with Crippen LogP contribution in [0.25, 0.3) is 0 Å². The van der Waals surface area contributed by atoms with Gasteiger partial charge in [-0.15, -0.1) is 0 Å². The molecule has 0 aromatic heterocycles. The second-order valence-electron chi connectivity index (χ2n) is 8.40. The lowest BCUT2D eigenvalue weighted by Crippen LogP contribution is -2.49. The molecule has 4 nitrogen and oxygen atoms in total. The van der Waals surface area contributed by atoms with Gasteiger partial charge in [-0.3, -0.25) is 0 Å². The van der Waals surface area contributed by atoms with Crippen molar-refractivity contribution in [1.29, 1.82) is 0 Å². The van der Waals surface area contributed by atoms with Crippen molar-refractivity contribution in [2.75, 3.05) is 19.8 Å². The quantitative estimate of drug-likeness (QED) is 0.281. The van der Waals surface area contributed by atoms with E-state index >= 15 is 0 Å². The summed E-state index contributed by atoms with van der Waals surface area (Å²) < 4.78 is 16.8. The Labute approximate surface area is 168 Å². The Morgan fingerprint density at radius 2 is 1.07 bits per heavy atom. The zero-order valence-electron chi connectivity index (χ0n) is 18.3. The molecule has 1 aliphatic heterocycles. The van der Waals surface area contributed by atoms with Gasteiger partial charge in [0.1, 0.15) is 0 Å². The first kappa shape index (κ1) is 24.9. The third kappa shape index (κ3) is 14.5. The fourth-order valence-electron chi connectivity index (χ4n) is 3.60. The van der Waals surface area contributed by atoms with Gasteiger partial charge in [0.2, 0.25) is 0 Å². The van der Waals surface area contributed by atoms with Crippen molar-refractivity contribution in [3.8, 4) is 0 Å². The van der Waals surface area contributed by atoms with E-state index in [9.17, 15) is 0 Å². The van der Waals surface area contributed by atoms with Gasteiger partial charge in [-0.05, 0) is 6.42 Å². The van der Waals surface area contributed by atoms with E-state index in [0.717, 1.165) is 6.42 Å². The molecule has 2 N–H and O–H groups in total. The van der Waals surface area contributed by atoms with Gasteiger partial charge in [-0.25, -0.2) is 0 Å². The molecule has 1 fully saturated rings. The lowest BCUT2D eigenvalue weighted by Gasteiger charge is -2.35. The Morgan fingerprint density at radius 3 is 1.48 bits per heavy atom. The predicted octanol–water partition coefficient (Wildman–Crippen LogP) is 6.31. The lowest BCUT2D eigenvalue weighted by atomic mass is 10.0. The maximum atomic E-state index is 5.75.